The second-order valence-corrected chi connectivity index (χ2v) is 7.78. The predicted octanol–water partition coefficient (Wildman–Crippen LogP) is -0.0506. The highest BCUT2D eigenvalue weighted by atomic mass is 127. The zero-order valence-corrected chi connectivity index (χ0v) is 14.4. The van der Waals surface area contributed by atoms with Gasteiger partial charge in [-0.05, 0) is 23.9 Å². The fourth-order valence-corrected chi connectivity index (χ4v) is 4.95. The number of ketones is 1. The Morgan fingerprint density at radius 2 is 2.00 bits per heavy atom. The van der Waals surface area contributed by atoms with Gasteiger partial charge in [-0.2, -0.15) is 0 Å². The molecule has 0 spiro atoms. The van der Waals surface area contributed by atoms with E-state index in [9.17, 15) is 15.0 Å². The van der Waals surface area contributed by atoms with Gasteiger partial charge in [0.1, 0.15) is 0 Å². The molecule has 0 aliphatic heterocycles. The van der Waals surface area contributed by atoms with Gasteiger partial charge in [0.25, 0.3) is 0 Å². The van der Waals surface area contributed by atoms with Gasteiger partial charge in [0.05, 0.1) is 5.56 Å². The van der Waals surface area contributed by atoms with Crippen LogP contribution in [-0.2, 0) is 0 Å². The first-order valence-electron chi connectivity index (χ1n) is 6.00. The first-order valence-corrected chi connectivity index (χ1v) is 8.95. The Labute approximate surface area is 136 Å². The zero-order chi connectivity index (χ0) is 14.7. The van der Waals surface area contributed by atoms with Crippen LogP contribution in [0.1, 0.15) is 23.7 Å². The summed E-state index contributed by atoms with van der Waals surface area (Å²) in [6.07, 6.45) is 0.293. The lowest BCUT2D eigenvalue weighted by Gasteiger charge is -2.12. The fraction of sp³-hybridized carbons (Fsp3) is 0.133. The average Bonchev–Trinajstić information content (AvgIpc) is 2.47. The van der Waals surface area contributed by atoms with E-state index in [1.165, 1.54) is 6.07 Å². The average molecular weight is 447 g/mol. The van der Waals surface area contributed by atoms with Crippen LogP contribution in [0.3, 0.4) is 0 Å². The molecule has 2 aromatic rings. The lowest BCUT2D eigenvalue weighted by Crippen LogP contribution is -3.61. The van der Waals surface area contributed by atoms with E-state index in [1.807, 2.05) is 30.3 Å². The summed E-state index contributed by atoms with van der Waals surface area (Å²) >= 11 is 2.36. The van der Waals surface area contributed by atoms with Gasteiger partial charge in [0, 0.05) is 10.9 Å². The molecule has 2 aromatic carbocycles. The maximum Gasteiger partial charge on any atom is 0.361 e. The monoisotopic (exact) mass is 446 g/mol. The van der Waals surface area contributed by atoms with Crippen LogP contribution in [0.4, 0.5) is 0 Å². The number of phenols is 1. The van der Waals surface area contributed by atoms with Gasteiger partial charge < -0.3 is 10.2 Å². The van der Waals surface area contributed by atoms with Crippen molar-refractivity contribution < 1.29 is 36.2 Å². The molecule has 0 heterocycles. The number of hydrogen-bond donors (Lipinski definition) is 1. The van der Waals surface area contributed by atoms with Crippen molar-refractivity contribution in [1.82, 2.24) is 0 Å². The molecule has 5 heteroatoms. The number of carbonyl (C=O) groups excluding carboxylic acids is 1. The molecule has 0 bridgehead atoms. The standard InChI is InChI=1S/C15H12BrIO3/c1-2-12(18)10-8-11(16)15(20)13(14(10)19)17-9-6-4-3-5-7-9/h3-8H,2H2,1H3,(H-,18,19,20). The van der Waals surface area contributed by atoms with Gasteiger partial charge in [-0.1, -0.05) is 41.1 Å². The Hall–Kier alpha value is -1.08. The van der Waals surface area contributed by atoms with E-state index in [0.717, 1.165) is 3.57 Å². The summed E-state index contributed by atoms with van der Waals surface area (Å²) in [5, 5.41) is 22.4. The number of halogens is 2. The van der Waals surface area contributed by atoms with Crippen LogP contribution in [-0.4, -0.2) is 10.9 Å². The number of Topliss-reactive ketones (excluding diaryl/α,β-unsaturated/α-hetero) is 1. The van der Waals surface area contributed by atoms with Crippen molar-refractivity contribution in [2.75, 3.05) is 0 Å². The van der Waals surface area contributed by atoms with Crippen LogP contribution in [0.25, 0.3) is 0 Å². The fourth-order valence-electron chi connectivity index (χ4n) is 1.67. The molecular formula is C15H12BrIO3. The molecule has 0 unspecified atom stereocenters. The number of rotatable bonds is 4. The predicted molar refractivity (Wildman–Crippen MR) is 73.7 cm³/mol. The minimum Gasteiger partial charge on any atom is -0.869 e. The lowest BCUT2D eigenvalue weighted by atomic mass is 10.1. The van der Waals surface area contributed by atoms with Crippen LogP contribution in [0.2, 0.25) is 0 Å². The lowest BCUT2D eigenvalue weighted by molar-refractivity contribution is -0.604. The van der Waals surface area contributed by atoms with Gasteiger partial charge in [-0.3, -0.25) is 4.79 Å². The summed E-state index contributed by atoms with van der Waals surface area (Å²) in [5.41, 5.74) is 0.226. The van der Waals surface area contributed by atoms with E-state index >= 15 is 0 Å². The van der Waals surface area contributed by atoms with Crippen molar-refractivity contribution in [3.63, 3.8) is 0 Å². The third kappa shape index (κ3) is 3.15. The van der Waals surface area contributed by atoms with E-state index in [4.69, 9.17) is 0 Å². The third-order valence-electron chi connectivity index (χ3n) is 2.71. The van der Waals surface area contributed by atoms with Crippen molar-refractivity contribution >= 4 is 21.7 Å². The highest BCUT2D eigenvalue weighted by Crippen LogP contribution is 2.30. The summed E-state index contributed by atoms with van der Waals surface area (Å²) < 4.78 is 1.71. The van der Waals surface area contributed by atoms with Crippen LogP contribution in [0, 0.1) is 7.14 Å². The number of hydrogen-bond acceptors (Lipinski definition) is 3. The zero-order valence-electron chi connectivity index (χ0n) is 10.7. The Morgan fingerprint density at radius 3 is 2.60 bits per heavy atom. The molecule has 0 radical (unpaired) electrons. The molecule has 0 saturated carbocycles. The Bertz CT molecular complexity index is 641. The second kappa shape index (κ2) is 6.58. The molecule has 2 rings (SSSR count). The van der Waals surface area contributed by atoms with E-state index in [1.54, 1.807) is 6.92 Å². The van der Waals surface area contributed by atoms with Gasteiger partial charge >= 0.3 is 21.2 Å². The number of aromatic hydroxyl groups is 1. The van der Waals surface area contributed by atoms with Crippen LogP contribution in [0.15, 0.2) is 40.9 Å². The first kappa shape index (κ1) is 15.3. The quantitative estimate of drug-likeness (QED) is 0.529. The highest BCUT2D eigenvalue weighted by Gasteiger charge is 2.26. The minimum absolute atomic E-state index is 0.151. The number of phenolic OH excluding ortho intramolecular Hbond substituents is 1. The maximum atomic E-state index is 12.2. The topological polar surface area (TPSA) is 60.4 Å². The molecule has 0 aliphatic rings. The first-order chi connectivity index (χ1) is 9.54. The van der Waals surface area contributed by atoms with Crippen molar-refractivity contribution in [3.8, 4) is 11.5 Å². The third-order valence-corrected chi connectivity index (χ3v) is 6.18. The molecule has 0 saturated heterocycles. The molecule has 0 amide bonds. The second-order valence-electron chi connectivity index (χ2n) is 4.06. The minimum atomic E-state index is -0.824. The molecule has 1 N–H and O–H groups in total. The SMILES string of the molecule is CCC(=O)c1cc(Br)c([O-])c([I+]c2ccccc2)c1O. The van der Waals surface area contributed by atoms with Gasteiger partial charge in [0.15, 0.2) is 15.1 Å². The number of benzene rings is 2. The molecule has 3 nitrogen and oxygen atoms in total. The van der Waals surface area contributed by atoms with Crippen molar-refractivity contribution in [2.24, 2.45) is 0 Å². The van der Waals surface area contributed by atoms with Crippen LogP contribution in [0.5, 0.6) is 11.5 Å². The summed E-state index contributed by atoms with van der Waals surface area (Å²) in [5.74, 6) is -0.546. The Morgan fingerprint density at radius 1 is 1.35 bits per heavy atom. The van der Waals surface area contributed by atoms with Crippen LogP contribution >= 0.6 is 15.9 Å². The molecule has 0 atom stereocenters. The van der Waals surface area contributed by atoms with Gasteiger partial charge in [-0.15, -0.1) is 0 Å². The van der Waals surface area contributed by atoms with E-state index in [-0.39, 0.29) is 22.8 Å². The Balaban J connectivity index is 2.51. The normalized spacial score (nSPS) is 10.5. The largest absolute Gasteiger partial charge is 0.869 e. The van der Waals surface area contributed by atoms with Gasteiger partial charge in [-0.25, -0.2) is 0 Å². The van der Waals surface area contributed by atoms with Crippen molar-refractivity contribution in [2.45, 2.75) is 13.3 Å². The molecule has 0 aliphatic carbocycles. The van der Waals surface area contributed by atoms with E-state index in [2.05, 4.69) is 15.9 Å². The summed E-state index contributed by atoms with van der Waals surface area (Å²) in [6, 6.07) is 11.0. The molecular weight excluding hydrogens is 435 g/mol. The van der Waals surface area contributed by atoms with Gasteiger partial charge in [0.2, 0.25) is 3.57 Å². The van der Waals surface area contributed by atoms with Crippen molar-refractivity contribution in [3.05, 3.63) is 53.6 Å². The molecule has 0 fully saturated rings. The summed E-state index contributed by atoms with van der Waals surface area (Å²) in [6.45, 7) is 1.73. The van der Waals surface area contributed by atoms with Crippen LogP contribution < -0.4 is 26.3 Å². The smallest absolute Gasteiger partial charge is 0.361 e. The maximum absolute atomic E-state index is 12.2. The summed E-state index contributed by atoms with van der Waals surface area (Å²) in [4.78, 5) is 11.8. The van der Waals surface area contributed by atoms with E-state index < -0.39 is 21.2 Å². The highest BCUT2D eigenvalue weighted by molar-refractivity contribution is 9.10. The van der Waals surface area contributed by atoms with E-state index in [0.29, 0.717) is 14.5 Å². The Kier molecular flexibility index (Phi) is 5.04. The van der Waals surface area contributed by atoms with Crippen molar-refractivity contribution in [1.29, 1.82) is 0 Å². The summed E-state index contributed by atoms with van der Waals surface area (Å²) in [7, 11) is 0. The molecule has 20 heavy (non-hydrogen) atoms. The molecule has 104 valence electrons. The number of carbonyl (C=O) groups is 1. The molecule has 0 aromatic heterocycles.